The van der Waals surface area contributed by atoms with Gasteiger partial charge in [0.25, 0.3) is 0 Å². The fraction of sp³-hybridized carbons (Fsp3) is 0.462. The summed E-state index contributed by atoms with van der Waals surface area (Å²) in [6.07, 6.45) is 1.57. The van der Waals surface area contributed by atoms with Gasteiger partial charge in [0.2, 0.25) is 5.91 Å². The number of hydrogen-bond donors (Lipinski definition) is 3. The third kappa shape index (κ3) is 4.24. The number of carboxylic acid groups (broad SMARTS) is 1. The van der Waals surface area contributed by atoms with E-state index in [0.29, 0.717) is 17.9 Å². The molecule has 0 aromatic carbocycles. The van der Waals surface area contributed by atoms with Crippen molar-refractivity contribution in [2.75, 3.05) is 12.4 Å². The third-order valence-corrected chi connectivity index (χ3v) is 2.64. The van der Waals surface area contributed by atoms with E-state index < -0.39 is 12.0 Å². The van der Waals surface area contributed by atoms with E-state index in [1.807, 2.05) is 6.92 Å². The van der Waals surface area contributed by atoms with E-state index in [9.17, 15) is 9.59 Å². The quantitative estimate of drug-likeness (QED) is 0.720. The second kappa shape index (κ2) is 6.72. The van der Waals surface area contributed by atoms with Crippen LogP contribution in [-0.2, 0) is 11.2 Å². The Hall–Kier alpha value is -2.11. The normalized spacial score (nSPS) is 11.7. The number of aryl methyl sites for hydroxylation is 1. The number of pyridine rings is 1. The van der Waals surface area contributed by atoms with Gasteiger partial charge in [-0.1, -0.05) is 13.3 Å². The maximum atomic E-state index is 11.4. The van der Waals surface area contributed by atoms with E-state index >= 15 is 0 Å². The summed E-state index contributed by atoms with van der Waals surface area (Å²) in [6, 6.07) is 2.51. The Kier molecular flexibility index (Phi) is 5.29. The van der Waals surface area contributed by atoms with E-state index in [-0.39, 0.29) is 11.5 Å². The molecule has 1 heterocycles. The highest BCUT2D eigenvalue weighted by Crippen LogP contribution is 2.13. The number of nitrogens with one attached hydrogen (secondary N) is 2. The molecule has 1 aromatic heterocycles. The van der Waals surface area contributed by atoms with Gasteiger partial charge in [-0.15, -0.1) is 0 Å². The molecule has 1 unspecified atom stereocenters. The average Bonchev–Trinajstić information content (AvgIpc) is 2.37. The van der Waals surface area contributed by atoms with Crippen LogP contribution in [0.1, 0.15) is 36.3 Å². The Morgan fingerprint density at radius 1 is 1.42 bits per heavy atom. The Labute approximate surface area is 112 Å². The van der Waals surface area contributed by atoms with Crippen molar-refractivity contribution >= 4 is 17.7 Å². The number of amides is 1. The number of hydrogen-bond acceptors (Lipinski definition) is 4. The molecule has 0 saturated carbocycles. The van der Waals surface area contributed by atoms with Crippen LogP contribution in [0.5, 0.6) is 0 Å². The minimum Gasteiger partial charge on any atom is -0.478 e. The lowest BCUT2D eigenvalue weighted by atomic mass is 10.1. The van der Waals surface area contributed by atoms with E-state index in [4.69, 9.17) is 5.11 Å². The molecule has 0 saturated heterocycles. The maximum absolute atomic E-state index is 11.4. The predicted octanol–water partition coefficient (Wildman–Crippen LogP) is 1.28. The van der Waals surface area contributed by atoms with Crippen molar-refractivity contribution in [2.24, 2.45) is 0 Å². The predicted molar refractivity (Wildman–Crippen MR) is 72.3 cm³/mol. The van der Waals surface area contributed by atoms with Gasteiger partial charge in [-0.25, -0.2) is 9.78 Å². The number of rotatable bonds is 6. The van der Waals surface area contributed by atoms with Crippen molar-refractivity contribution in [3.05, 3.63) is 23.4 Å². The zero-order valence-corrected chi connectivity index (χ0v) is 11.4. The van der Waals surface area contributed by atoms with Gasteiger partial charge in [0.05, 0.1) is 5.56 Å². The van der Waals surface area contributed by atoms with Gasteiger partial charge in [-0.05, 0) is 25.5 Å². The molecule has 6 heteroatoms. The van der Waals surface area contributed by atoms with Gasteiger partial charge in [0.1, 0.15) is 11.9 Å². The average molecular weight is 265 g/mol. The van der Waals surface area contributed by atoms with Gasteiger partial charge in [-0.2, -0.15) is 0 Å². The van der Waals surface area contributed by atoms with Crippen LogP contribution in [0.2, 0.25) is 0 Å². The molecule has 1 rings (SSSR count). The summed E-state index contributed by atoms with van der Waals surface area (Å²) in [5.41, 5.74) is 0.874. The van der Waals surface area contributed by atoms with Gasteiger partial charge in [0, 0.05) is 12.7 Å². The van der Waals surface area contributed by atoms with Crippen LogP contribution in [-0.4, -0.2) is 35.1 Å². The van der Waals surface area contributed by atoms with E-state index in [2.05, 4.69) is 15.6 Å². The van der Waals surface area contributed by atoms with Crippen molar-refractivity contribution in [1.82, 2.24) is 10.3 Å². The zero-order valence-electron chi connectivity index (χ0n) is 11.4. The first-order valence-electron chi connectivity index (χ1n) is 6.20. The highest BCUT2D eigenvalue weighted by molar-refractivity contribution is 5.89. The summed E-state index contributed by atoms with van der Waals surface area (Å²) in [5, 5.41) is 14.5. The number of carbonyl (C=O) groups is 2. The number of nitrogens with zero attached hydrogens (tertiary/aromatic N) is 1. The maximum Gasteiger partial charge on any atom is 0.335 e. The number of carboxylic acids is 1. The van der Waals surface area contributed by atoms with Crippen LogP contribution in [0.25, 0.3) is 0 Å². The highest BCUT2D eigenvalue weighted by atomic mass is 16.4. The molecular weight excluding hydrogens is 246 g/mol. The summed E-state index contributed by atoms with van der Waals surface area (Å²) in [4.78, 5) is 26.8. The van der Waals surface area contributed by atoms with Crippen molar-refractivity contribution in [3.8, 4) is 0 Å². The largest absolute Gasteiger partial charge is 0.478 e. The first kappa shape index (κ1) is 14.9. The van der Waals surface area contributed by atoms with Gasteiger partial charge in [0.15, 0.2) is 0 Å². The Morgan fingerprint density at radius 3 is 2.63 bits per heavy atom. The van der Waals surface area contributed by atoms with Crippen LogP contribution in [0, 0.1) is 0 Å². The second-order valence-corrected chi connectivity index (χ2v) is 4.27. The number of anilines is 1. The summed E-state index contributed by atoms with van der Waals surface area (Å²) in [6.45, 7) is 3.68. The molecule has 0 bridgehead atoms. The second-order valence-electron chi connectivity index (χ2n) is 4.27. The molecule has 19 heavy (non-hydrogen) atoms. The van der Waals surface area contributed by atoms with Gasteiger partial charge < -0.3 is 15.7 Å². The van der Waals surface area contributed by atoms with Crippen molar-refractivity contribution in [1.29, 1.82) is 0 Å². The summed E-state index contributed by atoms with van der Waals surface area (Å²) in [7, 11) is 1.55. The molecule has 0 aliphatic heterocycles. The molecule has 6 nitrogen and oxygen atoms in total. The fourth-order valence-corrected chi connectivity index (χ4v) is 1.67. The minimum absolute atomic E-state index is 0.171. The number of aromatic carboxylic acids is 1. The third-order valence-electron chi connectivity index (χ3n) is 2.64. The number of carbonyl (C=O) groups excluding carboxylic acids is 1. The SMILES string of the molecule is CCCc1cc(C(=O)O)cc(NC(C)C(=O)NC)n1. The lowest BCUT2D eigenvalue weighted by Gasteiger charge is -2.14. The summed E-state index contributed by atoms with van der Waals surface area (Å²) >= 11 is 0. The summed E-state index contributed by atoms with van der Waals surface area (Å²) in [5.74, 6) is -0.783. The van der Waals surface area contributed by atoms with Crippen LogP contribution < -0.4 is 10.6 Å². The van der Waals surface area contributed by atoms with Crippen LogP contribution >= 0.6 is 0 Å². The summed E-state index contributed by atoms with van der Waals surface area (Å²) < 4.78 is 0. The van der Waals surface area contributed by atoms with Crippen molar-refractivity contribution in [3.63, 3.8) is 0 Å². The highest BCUT2D eigenvalue weighted by Gasteiger charge is 2.13. The molecule has 0 radical (unpaired) electrons. The fourth-order valence-electron chi connectivity index (χ4n) is 1.67. The molecule has 0 spiro atoms. The molecular formula is C13H19N3O3. The van der Waals surface area contributed by atoms with E-state index in [1.165, 1.54) is 6.07 Å². The monoisotopic (exact) mass is 265 g/mol. The van der Waals surface area contributed by atoms with Crippen molar-refractivity contribution < 1.29 is 14.7 Å². The first-order valence-corrected chi connectivity index (χ1v) is 6.20. The lowest BCUT2D eigenvalue weighted by molar-refractivity contribution is -0.121. The Bertz CT molecular complexity index is 474. The van der Waals surface area contributed by atoms with E-state index in [0.717, 1.165) is 6.42 Å². The number of likely N-dealkylation sites (N-methyl/N-ethyl adjacent to an activating group) is 1. The van der Waals surface area contributed by atoms with E-state index in [1.54, 1.807) is 20.0 Å². The molecule has 104 valence electrons. The van der Waals surface area contributed by atoms with Gasteiger partial charge >= 0.3 is 5.97 Å². The molecule has 0 aliphatic carbocycles. The smallest absolute Gasteiger partial charge is 0.335 e. The zero-order chi connectivity index (χ0) is 14.4. The Morgan fingerprint density at radius 2 is 2.11 bits per heavy atom. The van der Waals surface area contributed by atoms with Gasteiger partial charge in [-0.3, -0.25) is 4.79 Å². The lowest BCUT2D eigenvalue weighted by Crippen LogP contribution is -2.35. The topological polar surface area (TPSA) is 91.3 Å². The first-order chi connectivity index (χ1) is 8.97. The molecule has 3 N–H and O–H groups in total. The standard InChI is InChI=1S/C13H19N3O3/c1-4-5-10-6-9(13(18)19)7-11(16-10)15-8(2)12(17)14-3/h6-8H,4-5H2,1-3H3,(H,14,17)(H,15,16)(H,18,19). The Balaban J connectivity index is 2.99. The minimum atomic E-state index is -1.00. The van der Waals surface area contributed by atoms with Crippen molar-refractivity contribution in [2.45, 2.75) is 32.7 Å². The van der Waals surface area contributed by atoms with Crippen LogP contribution in [0.4, 0.5) is 5.82 Å². The molecule has 1 amide bonds. The number of aromatic nitrogens is 1. The molecule has 1 atom stereocenters. The molecule has 0 aliphatic rings. The van der Waals surface area contributed by atoms with Crippen LogP contribution in [0.15, 0.2) is 12.1 Å². The van der Waals surface area contributed by atoms with Crippen LogP contribution in [0.3, 0.4) is 0 Å². The molecule has 0 fully saturated rings. The molecule has 1 aromatic rings.